The monoisotopic (exact) mass is 509 g/mol. The fraction of sp³-hybridized carbons (Fsp3) is 0.250. The number of Topliss-reactive ketones (excluding diaryl/α,β-unsaturated/α-hetero) is 1. The molecular weight excluding hydrogens is 482 g/mol. The van der Waals surface area contributed by atoms with Crippen LogP contribution >= 0.6 is 23.4 Å². The van der Waals surface area contributed by atoms with Crippen LogP contribution in [0.3, 0.4) is 0 Å². The van der Waals surface area contributed by atoms with Crippen molar-refractivity contribution in [2.24, 2.45) is 7.05 Å². The van der Waals surface area contributed by atoms with Crippen molar-refractivity contribution in [3.8, 4) is 11.5 Å². The molecule has 1 aliphatic heterocycles. The molecule has 0 bridgehead atoms. The lowest BCUT2D eigenvalue weighted by Crippen LogP contribution is -2.10. The molecule has 1 atom stereocenters. The first-order chi connectivity index (χ1) is 16.9. The maximum Gasteiger partial charge on any atom is 0.231 e. The summed E-state index contributed by atoms with van der Waals surface area (Å²) < 4.78 is 12.8. The second-order valence-electron chi connectivity index (χ2n) is 8.33. The van der Waals surface area contributed by atoms with Gasteiger partial charge in [-0.25, -0.2) is 0 Å². The van der Waals surface area contributed by atoms with Gasteiger partial charge in [-0.3, -0.25) is 4.79 Å². The van der Waals surface area contributed by atoms with Crippen molar-refractivity contribution in [2.75, 3.05) is 19.7 Å². The van der Waals surface area contributed by atoms with Crippen LogP contribution in [-0.4, -0.2) is 35.1 Å². The van der Waals surface area contributed by atoms with Crippen molar-refractivity contribution in [3.63, 3.8) is 0 Å². The highest BCUT2D eigenvalue weighted by molar-refractivity contribution is 7.98. The number of ketones is 1. The molecule has 182 valence electrons. The number of halogens is 1. The van der Waals surface area contributed by atoms with Gasteiger partial charge in [0.05, 0.1) is 5.92 Å². The molecule has 0 radical (unpaired) electrons. The van der Waals surface area contributed by atoms with Crippen molar-refractivity contribution in [2.45, 2.75) is 24.2 Å². The van der Waals surface area contributed by atoms with E-state index in [1.165, 1.54) is 10.5 Å². The molecule has 1 aromatic heterocycles. The molecule has 0 fully saturated rings. The van der Waals surface area contributed by atoms with Crippen molar-refractivity contribution in [1.82, 2.24) is 4.57 Å². The van der Waals surface area contributed by atoms with Gasteiger partial charge in [0.2, 0.25) is 6.79 Å². The number of fused-ring (bicyclic) bond motifs is 2. The SMILES string of the molecule is CC(=O)C(c1ccc2c(c1)OCO2)c1cn(C)c2cc(Cl)ccc12.CSc1ccc(CCO)cc1. The third-order valence-electron chi connectivity index (χ3n) is 5.99. The fourth-order valence-electron chi connectivity index (χ4n) is 4.27. The molecule has 1 unspecified atom stereocenters. The number of aliphatic hydroxyl groups excluding tert-OH is 1. The maximum atomic E-state index is 12.5. The highest BCUT2D eigenvalue weighted by atomic mass is 35.5. The van der Waals surface area contributed by atoms with Gasteiger partial charge >= 0.3 is 0 Å². The molecule has 5 nitrogen and oxygen atoms in total. The maximum absolute atomic E-state index is 12.5. The Morgan fingerprint density at radius 3 is 2.51 bits per heavy atom. The van der Waals surface area contributed by atoms with E-state index >= 15 is 0 Å². The lowest BCUT2D eigenvalue weighted by atomic mass is 9.88. The van der Waals surface area contributed by atoms with Gasteiger partial charge in [0, 0.05) is 40.7 Å². The first-order valence-corrected chi connectivity index (χ1v) is 12.9. The number of rotatable bonds is 6. The normalized spacial score (nSPS) is 12.8. The van der Waals surface area contributed by atoms with E-state index in [-0.39, 0.29) is 25.1 Å². The van der Waals surface area contributed by atoms with Gasteiger partial charge in [-0.15, -0.1) is 11.8 Å². The Morgan fingerprint density at radius 2 is 1.83 bits per heavy atom. The first kappa shape index (κ1) is 25.2. The lowest BCUT2D eigenvalue weighted by Gasteiger charge is -2.14. The number of hydrogen-bond acceptors (Lipinski definition) is 5. The second kappa shape index (κ2) is 11.2. The number of hydrogen-bond donors (Lipinski definition) is 1. The average Bonchev–Trinajstić information content (AvgIpc) is 3.44. The number of aliphatic hydroxyl groups is 1. The summed E-state index contributed by atoms with van der Waals surface area (Å²) in [4.78, 5) is 13.7. The summed E-state index contributed by atoms with van der Waals surface area (Å²) >= 11 is 7.85. The molecule has 0 amide bonds. The Kier molecular flexibility index (Phi) is 8.06. The summed E-state index contributed by atoms with van der Waals surface area (Å²) in [7, 11) is 1.96. The average molecular weight is 510 g/mol. The summed E-state index contributed by atoms with van der Waals surface area (Å²) in [6, 6.07) is 19.7. The molecular formula is C28H28ClNO4S. The van der Waals surface area contributed by atoms with Gasteiger partial charge in [0.1, 0.15) is 5.78 Å². The Labute approximate surface area is 214 Å². The number of thioether (sulfide) groups is 1. The zero-order valence-electron chi connectivity index (χ0n) is 20.0. The predicted octanol–water partition coefficient (Wildman–Crippen LogP) is 6.22. The third-order valence-corrected chi connectivity index (χ3v) is 6.97. The molecule has 0 aliphatic carbocycles. The van der Waals surface area contributed by atoms with Crippen LogP contribution in [-0.2, 0) is 18.3 Å². The third kappa shape index (κ3) is 5.67. The minimum atomic E-state index is -0.357. The summed E-state index contributed by atoms with van der Waals surface area (Å²) in [6.07, 6.45) is 4.81. The molecule has 2 heterocycles. The summed E-state index contributed by atoms with van der Waals surface area (Å²) in [5, 5.41) is 10.3. The zero-order valence-corrected chi connectivity index (χ0v) is 21.5. The van der Waals surface area contributed by atoms with Crippen molar-refractivity contribution < 1.29 is 19.4 Å². The summed E-state index contributed by atoms with van der Waals surface area (Å²) in [5.74, 6) is 1.12. The van der Waals surface area contributed by atoms with E-state index in [2.05, 4.69) is 30.5 Å². The van der Waals surface area contributed by atoms with Crippen molar-refractivity contribution in [1.29, 1.82) is 0 Å². The largest absolute Gasteiger partial charge is 0.454 e. The van der Waals surface area contributed by atoms with Gasteiger partial charge < -0.3 is 19.1 Å². The van der Waals surface area contributed by atoms with Crippen LogP contribution < -0.4 is 9.47 Å². The molecule has 7 heteroatoms. The van der Waals surface area contributed by atoms with Crippen LogP contribution in [0.4, 0.5) is 0 Å². The van der Waals surface area contributed by atoms with E-state index in [0.29, 0.717) is 16.5 Å². The Balaban J connectivity index is 0.000000221. The van der Waals surface area contributed by atoms with Crippen molar-refractivity contribution in [3.05, 3.63) is 88.6 Å². The van der Waals surface area contributed by atoms with Crippen LogP contribution in [0.5, 0.6) is 11.5 Å². The standard InChI is InChI=1S/C19H16ClNO3.C9H12OS/c1-11(22)19(12-3-6-17-18(7-12)24-10-23-17)15-9-21(2)16-8-13(20)4-5-14(15)16;1-11-9-4-2-8(3-5-9)6-7-10/h3-9,19H,10H2,1-2H3;2-5,10H,6-7H2,1H3. The van der Waals surface area contributed by atoms with E-state index in [9.17, 15) is 4.79 Å². The van der Waals surface area contributed by atoms with Crippen LogP contribution in [0.2, 0.25) is 5.02 Å². The number of ether oxygens (including phenoxy) is 2. The Bertz CT molecular complexity index is 1330. The molecule has 35 heavy (non-hydrogen) atoms. The van der Waals surface area contributed by atoms with Crippen molar-refractivity contribution >= 4 is 40.0 Å². The smallest absolute Gasteiger partial charge is 0.231 e. The quantitative estimate of drug-likeness (QED) is 0.312. The molecule has 0 saturated heterocycles. The van der Waals surface area contributed by atoms with Gasteiger partial charge in [0.25, 0.3) is 0 Å². The number of nitrogens with zero attached hydrogens (tertiary/aromatic N) is 1. The Morgan fingerprint density at radius 1 is 1.09 bits per heavy atom. The molecule has 5 rings (SSSR count). The van der Waals surface area contributed by atoms with Gasteiger partial charge in [0.15, 0.2) is 11.5 Å². The minimum Gasteiger partial charge on any atom is -0.454 e. The predicted molar refractivity (Wildman–Crippen MR) is 142 cm³/mol. The van der Waals surface area contributed by atoms with Gasteiger partial charge in [-0.05, 0) is 72.7 Å². The van der Waals surface area contributed by atoms with E-state index in [1.54, 1.807) is 18.7 Å². The highest BCUT2D eigenvalue weighted by Crippen LogP contribution is 2.39. The van der Waals surface area contributed by atoms with E-state index in [1.807, 2.05) is 54.2 Å². The molecule has 1 aliphatic rings. The summed E-state index contributed by atoms with van der Waals surface area (Å²) in [6.45, 7) is 2.07. The lowest BCUT2D eigenvalue weighted by molar-refractivity contribution is -0.117. The number of benzene rings is 3. The molecule has 4 aromatic rings. The molecule has 0 saturated carbocycles. The number of aryl methyl sites for hydroxylation is 1. The zero-order chi connectivity index (χ0) is 24.9. The van der Waals surface area contributed by atoms with E-state index in [0.717, 1.165) is 28.5 Å². The molecule has 3 aromatic carbocycles. The van der Waals surface area contributed by atoms with Crippen LogP contribution in [0.25, 0.3) is 10.9 Å². The second-order valence-corrected chi connectivity index (χ2v) is 9.65. The van der Waals surface area contributed by atoms with Crippen LogP contribution in [0.15, 0.2) is 71.8 Å². The van der Waals surface area contributed by atoms with E-state index < -0.39 is 0 Å². The van der Waals surface area contributed by atoms with Gasteiger partial charge in [-0.2, -0.15) is 0 Å². The fourth-order valence-corrected chi connectivity index (χ4v) is 4.84. The van der Waals surface area contributed by atoms with Crippen LogP contribution in [0.1, 0.15) is 29.5 Å². The summed E-state index contributed by atoms with van der Waals surface area (Å²) in [5.41, 5.74) is 4.07. The number of aromatic nitrogens is 1. The number of carbonyl (C=O) groups is 1. The number of carbonyl (C=O) groups excluding carboxylic acids is 1. The molecule has 1 N–H and O–H groups in total. The molecule has 0 spiro atoms. The van der Waals surface area contributed by atoms with Crippen LogP contribution in [0, 0.1) is 0 Å². The van der Waals surface area contributed by atoms with E-state index in [4.69, 9.17) is 26.2 Å². The Hall–Kier alpha value is -2.93. The minimum absolute atomic E-state index is 0.0799. The highest BCUT2D eigenvalue weighted by Gasteiger charge is 2.25. The first-order valence-electron chi connectivity index (χ1n) is 11.3. The van der Waals surface area contributed by atoms with Gasteiger partial charge in [-0.1, -0.05) is 35.9 Å². The topological polar surface area (TPSA) is 60.7 Å².